The first-order valence-electron chi connectivity index (χ1n) is 13.7. The quantitative estimate of drug-likeness (QED) is 0.259. The lowest BCUT2D eigenvalue weighted by molar-refractivity contribution is -0.143. The number of benzene rings is 2. The summed E-state index contributed by atoms with van der Waals surface area (Å²) in [5.41, 5.74) is 2.25. The van der Waals surface area contributed by atoms with Crippen LogP contribution in [-0.2, 0) is 17.8 Å². The van der Waals surface area contributed by atoms with Gasteiger partial charge >= 0.3 is 12.2 Å². The van der Waals surface area contributed by atoms with Crippen molar-refractivity contribution in [2.45, 2.75) is 19.1 Å². The van der Waals surface area contributed by atoms with E-state index >= 15 is 0 Å². The second kappa shape index (κ2) is 12.5. The fraction of sp³-hybridized carbons (Fsp3) is 0.414. The first-order chi connectivity index (χ1) is 20.4. The largest absolute Gasteiger partial charge is 0.462 e. The van der Waals surface area contributed by atoms with Crippen LogP contribution in [0.15, 0.2) is 42.7 Å². The Hall–Kier alpha value is -3.71. The van der Waals surface area contributed by atoms with E-state index in [1.165, 1.54) is 18.0 Å². The number of hydrogen-bond acceptors (Lipinski definition) is 7. The predicted octanol–water partition coefficient (Wildman–Crippen LogP) is 4.99. The summed E-state index contributed by atoms with van der Waals surface area (Å²) in [5.74, 6) is -1.70. The second-order valence-electron chi connectivity index (χ2n) is 10.5. The number of amides is 1. The van der Waals surface area contributed by atoms with E-state index in [9.17, 15) is 26.7 Å². The number of carbonyl (C=O) groups is 1. The molecule has 3 heterocycles. The zero-order valence-electron chi connectivity index (χ0n) is 23.4. The molecule has 5 rings (SSSR count). The van der Waals surface area contributed by atoms with E-state index in [1.54, 1.807) is 6.07 Å². The molecule has 43 heavy (non-hydrogen) atoms. The number of nitrogens with zero attached hydrogens (tertiary/aromatic N) is 6. The van der Waals surface area contributed by atoms with Gasteiger partial charge in [-0.25, -0.2) is 8.78 Å². The molecular formula is C29H30ClF5N6O2. The molecule has 0 bridgehead atoms. The van der Waals surface area contributed by atoms with Crippen molar-refractivity contribution in [2.24, 2.45) is 0 Å². The molecule has 2 aromatic carbocycles. The highest BCUT2D eigenvalue weighted by Crippen LogP contribution is 2.38. The van der Waals surface area contributed by atoms with Gasteiger partial charge in [-0.05, 0) is 31.0 Å². The molecule has 0 unspecified atom stereocenters. The van der Waals surface area contributed by atoms with Gasteiger partial charge in [-0.1, -0.05) is 36.4 Å². The van der Waals surface area contributed by atoms with E-state index in [-0.39, 0.29) is 37.3 Å². The summed E-state index contributed by atoms with van der Waals surface area (Å²) in [6, 6.07) is 8.59. The Labute approximate surface area is 250 Å². The molecule has 14 heteroatoms. The zero-order valence-corrected chi connectivity index (χ0v) is 24.2. The summed E-state index contributed by atoms with van der Waals surface area (Å²) < 4.78 is 71.9. The van der Waals surface area contributed by atoms with Crippen LogP contribution < -0.4 is 14.5 Å². The van der Waals surface area contributed by atoms with Crippen molar-refractivity contribution >= 4 is 39.8 Å². The van der Waals surface area contributed by atoms with Crippen molar-refractivity contribution < 1.29 is 31.5 Å². The van der Waals surface area contributed by atoms with E-state index < -0.39 is 30.3 Å². The summed E-state index contributed by atoms with van der Waals surface area (Å²) in [6.45, 7) is 4.06. The molecule has 0 N–H and O–H groups in total. The Morgan fingerprint density at radius 2 is 1.84 bits per heavy atom. The van der Waals surface area contributed by atoms with E-state index in [1.807, 2.05) is 28.0 Å². The number of hydrogen-bond donors (Lipinski definition) is 0. The highest BCUT2D eigenvalue weighted by atomic mass is 35.5. The van der Waals surface area contributed by atoms with Crippen LogP contribution in [0.5, 0.6) is 6.01 Å². The van der Waals surface area contributed by atoms with Gasteiger partial charge in [0.15, 0.2) is 5.83 Å². The highest BCUT2D eigenvalue weighted by Gasteiger charge is 2.31. The SMILES string of the molecule is C=C(F)C(=O)N1CCN(c2nc(OCCN(C)CC(F)(F)F)nc3c2CCN(c2cccc4ccc(F)c(Cl)c24)C3)CC1. The molecule has 2 aliphatic heterocycles. The first kappa shape index (κ1) is 30.7. The van der Waals surface area contributed by atoms with E-state index in [4.69, 9.17) is 16.3 Å². The summed E-state index contributed by atoms with van der Waals surface area (Å²) in [4.78, 5) is 27.8. The number of piperazine rings is 1. The molecule has 0 radical (unpaired) electrons. The summed E-state index contributed by atoms with van der Waals surface area (Å²) in [5, 5.41) is 1.40. The lowest BCUT2D eigenvalue weighted by Gasteiger charge is -2.38. The second-order valence-corrected chi connectivity index (χ2v) is 10.9. The first-order valence-corrected chi connectivity index (χ1v) is 14.1. The number of carbonyl (C=O) groups excluding carboxylic acids is 1. The molecule has 0 spiro atoms. The third kappa shape index (κ3) is 6.93. The van der Waals surface area contributed by atoms with Crippen LogP contribution in [0.2, 0.25) is 5.02 Å². The third-order valence-electron chi connectivity index (χ3n) is 7.53. The number of rotatable bonds is 8. The molecule has 8 nitrogen and oxygen atoms in total. The van der Waals surface area contributed by atoms with Gasteiger partial charge in [-0.15, -0.1) is 0 Å². The number of likely N-dealkylation sites (N-methyl/N-ethyl adjacent to an activating group) is 1. The molecule has 0 saturated carbocycles. The molecule has 1 amide bonds. The average molecular weight is 625 g/mol. The van der Waals surface area contributed by atoms with Gasteiger partial charge in [-0.2, -0.15) is 23.1 Å². The standard InChI is InChI=1S/C29H30ClF5N6O2/c1-18(31)27(42)40-12-10-39(11-13-40)26-20-8-9-41(23-5-3-4-19-6-7-21(32)25(30)24(19)23)16-22(20)36-28(37-26)43-15-14-38(2)17-29(33,34)35/h3-7H,1,8-17H2,2H3. The number of ether oxygens (including phenoxy) is 1. The van der Waals surface area contributed by atoms with Crippen molar-refractivity contribution in [3.8, 4) is 6.01 Å². The number of aromatic nitrogens is 2. The minimum absolute atomic E-state index is 0.00458. The average Bonchev–Trinajstić information content (AvgIpc) is 2.97. The molecule has 230 valence electrons. The smallest absolute Gasteiger partial charge is 0.401 e. The molecule has 0 atom stereocenters. The Bertz CT molecular complexity index is 1530. The van der Waals surface area contributed by atoms with Crippen LogP contribution in [0.1, 0.15) is 11.3 Å². The van der Waals surface area contributed by atoms with Crippen LogP contribution in [0, 0.1) is 5.82 Å². The van der Waals surface area contributed by atoms with Crippen LogP contribution in [0.3, 0.4) is 0 Å². The van der Waals surface area contributed by atoms with E-state index in [2.05, 4.69) is 16.5 Å². The molecular weight excluding hydrogens is 595 g/mol. The topological polar surface area (TPSA) is 65.0 Å². The molecule has 1 fully saturated rings. The minimum atomic E-state index is -4.33. The number of alkyl halides is 3. The fourth-order valence-electron chi connectivity index (χ4n) is 5.45. The van der Waals surface area contributed by atoms with E-state index in [0.29, 0.717) is 49.5 Å². The van der Waals surface area contributed by atoms with Gasteiger partial charge in [0.05, 0.1) is 23.8 Å². The number of anilines is 2. The zero-order chi connectivity index (χ0) is 30.9. The summed E-state index contributed by atoms with van der Waals surface area (Å²) in [6.07, 6.45) is -3.80. The third-order valence-corrected chi connectivity index (χ3v) is 7.90. The summed E-state index contributed by atoms with van der Waals surface area (Å²) >= 11 is 6.39. The Balaban J connectivity index is 1.43. The van der Waals surface area contributed by atoms with Crippen LogP contribution in [0.25, 0.3) is 10.8 Å². The van der Waals surface area contributed by atoms with Crippen molar-refractivity contribution in [2.75, 3.05) is 69.3 Å². The monoisotopic (exact) mass is 624 g/mol. The predicted molar refractivity (Wildman–Crippen MR) is 154 cm³/mol. The van der Waals surface area contributed by atoms with E-state index in [0.717, 1.165) is 21.5 Å². The normalized spacial score (nSPS) is 15.7. The van der Waals surface area contributed by atoms with Crippen molar-refractivity contribution in [3.05, 3.63) is 64.8 Å². The van der Waals surface area contributed by atoms with Gasteiger partial charge < -0.3 is 19.4 Å². The maximum absolute atomic E-state index is 14.4. The summed E-state index contributed by atoms with van der Waals surface area (Å²) in [7, 11) is 1.35. The van der Waals surface area contributed by atoms with Gasteiger partial charge in [0, 0.05) is 55.9 Å². The van der Waals surface area contributed by atoms with Crippen LogP contribution in [-0.4, -0.2) is 91.3 Å². The maximum atomic E-state index is 14.4. The fourth-order valence-corrected chi connectivity index (χ4v) is 5.71. The van der Waals surface area contributed by atoms with Crippen LogP contribution in [0.4, 0.5) is 33.5 Å². The molecule has 1 aromatic heterocycles. The minimum Gasteiger partial charge on any atom is -0.462 e. The lowest BCUT2D eigenvalue weighted by Crippen LogP contribution is -2.49. The molecule has 2 aliphatic rings. The van der Waals surface area contributed by atoms with Gasteiger partial charge in [0.25, 0.3) is 5.91 Å². The molecule has 1 saturated heterocycles. The van der Waals surface area contributed by atoms with Crippen LogP contribution >= 0.6 is 11.6 Å². The van der Waals surface area contributed by atoms with Crippen molar-refractivity contribution in [1.29, 1.82) is 0 Å². The van der Waals surface area contributed by atoms with Crippen molar-refractivity contribution in [1.82, 2.24) is 19.8 Å². The maximum Gasteiger partial charge on any atom is 0.401 e. The molecule has 0 aliphatic carbocycles. The number of halogens is 6. The van der Waals surface area contributed by atoms with Gasteiger partial charge in [-0.3, -0.25) is 9.69 Å². The Kier molecular flexibility index (Phi) is 8.93. The van der Waals surface area contributed by atoms with Crippen molar-refractivity contribution in [3.63, 3.8) is 0 Å². The Morgan fingerprint density at radius 3 is 2.53 bits per heavy atom. The highest BCUT2D eigenvalue weighted by molar-refractivity contribution is 6.36. The number of fused-ring (bicyclic) bond motifs is 2. The van der Waals surface area contributed by atoms with Gasteiger partial charge in [0.2, 0.25) is 0 Å². The van der Waals surface area contributed by atoms with Gasteiger partial charge in [0.1, 0.15) is 18.2 Å². The molecule has 3 aromatic rings. The Morgan fingerprint density at radius 1 is 1.09 bits per heavy atom. The lowest BCUT2D eigenvalue weighted by atomic mass is 10.0.